The number of nitrogens with one attached hydrogen (secondary N) is 3. The Morgan fingerprint density at radius 1 is 1.08 bits per heavy atom. The summed E-state index contributed by atoms with van der Waals surface area (Å²) in [5.41, 5.74) is 2.68. The Balaban J connectivity index is 1.29. The normalized spacial score (nSPS) is 14.1. The maximum Gasteiger partial charge on any atom is 0.251 e. The quantitative estimate of drug-likeness (QED) is 0.271. The first-order chi connectivity index (χ1) is 18.5. The third-order valence-electron chi connectivity index (χ3n) is 6.23. The number of thiophene rings is 1. The minimum absolute atomic E-state index is 0.0655. The highest BCUT2D eigenvalue weighted by atomic mass is 32.1. The molecule has 0 unspecified atom stereocenters. The molecule has 5 rings (SSSR count). The fraction of sp³-hybridized carbons (Fsp3) is 0.214. The van der Waals surface area contributed by atoms with Crippen molar-refractivity contribution in [3.8, 4) is 11.6 Å². The van der Waals surface area contributed by atoms with Crippen LogP contribution in [0.15, 0.2) is 72.6 Å². The molecule has 1 aliphatic heterocycles. The summed E-state index contributed by atoms with van der Waals surface area (Å²) in [4.78, 5) is 35.8. The minimum atomic E-state index is -0.304. The fourth-order valence-corrected chi connectivity index (χ4v) is 4.92. The molecule has 0 spiro atoms. The molecule has 2 amide bonds. The van der Waals surface area contributed by atoms with Gasteiger partial charge >= 0.3 is 0 Å². The van der Waals surface area contributed by atoms with Gasteiger partial charge in [0.25, 0.3) is 5.91 Å². The number of likely N-dealkylation sites (tertiary alicyclic amines) is 1. The number of anilines is 3. The van der Waals surface area contributed by atoms with Crippen molar-refractivity contribution >= 4 is 50.7 Å². The Bertz CT molecular complexity index is 1460. The molecule has 3 heterocycles. The molecular weight excluding hydrogens is 500 g/mol. The molecule has 0 saturated carbocycles. The van der Waals surface area contributed by atoms with Crippen LogP contribution in [0.25, 0.3) is 10.2 Å². The lowest BCUT2D eigenvalue weighted by Gasteiger charge is -2.29. The van der Waals surface area contributed by atoms with Gasteiger partial charge in [-0.2, -0.15) is 4.98 Å². The summed E-state index contributed by atoms with van der Waals surface area (Å²) in [5, 5.41) is 11.0. The summed E-state index contributed by atoms with van der Waals surface area (Å²) >= 11 is 1.48. The highest BCUT2D eigenvalue weighted by Gasteiger charge is 2.19. The van der Waals surface area contributed by atoms with E-state index in [1.54, 1.807) is 36.4 Å². The molecule has 0 atom stereocenters. The number of hydrogen-bond donors (Lipinski definition) is 3. The Hall–Kier alpha value is -4.28. The minimum Gasteiger partial charge on any atom is -0.437 e. The summed E-state index contributed by atoms with van der Waals surface area (Å²) in [6, 6.07) is 16.4. The monoisotopic (exact) mass is 528 g/mol. The van der Waals surface area contributed by atoms with E-state index in [1.807, 2.05) is 23.6 Å². The molecule has 10 heteroatoms. The second kappa shape index (κ2) is 11.4. The summed E-state index contributed by atoms with van der Waals surface area (Å²) < 4.78 is 6.90. The van der Waals surface area contributed by atoms with Gasteiger partial charge in [0.15, 0.2) is 0 Å². The smallest absolute Gasteiger partial charge is 0.251 e. The molecule has 0 bridgehead atoms. The van der Waals surface area contributed by atoms with E-state index in [0.717, 1.165) is 41.8 Å². The lowest BCUT2D eigenvalue weighted by atomic mass is 10.0. The molecule has 1 aliphatic rings. The maximum absolute atomic E-state index is 12.7. The van der Waals surface area contributed by atoms with E-state index in [2.05, 4.69) is 44.4 Å². The topological polar surface area (TPSA) is 108 Å². The van der Waals surface area contributed by atoms with Gasteiger partial charge < -0.3 is 25.6 Å². The zero-order chi connectivity index (χ0) is 26.5. The van der Waals surface area contributed by atoms with Crippen molar-refractivity contribution in [2.24, 2.45) is 0 Å². The van der Waals surface area contributed by atoms with Crippen LogP contribution in [0.4, 0.5) is 17.3 Å². The SMILES string of the molecule is C=CC(=O)Nc1cccc(Oc2nc(Nc3ccc(C(=O)NC4CCN(C)CC4)cc3)nc3ccsc23)c1. The van der Waals surface area contributed by atoms with Crippen LogP contribution in [0, 0.1) is 0 Å². The molecule has 194 valence electrons. The molecule has 2 aromatic heterocycles. The van der Waals surface area contributed by atoms with E-state index in [0.29, 0.717) is 28.8 Å². The number of carbonyl (C=O) groups is 2. The van der Waals surface area contributed by atoms with E-state index in [-0.39, 0.29) is 17.9 Å². The first-order valence-electron chi connectivity index (χ1n) is 12.3. The third-order valence-corrected chi connectivity index (χ3v) is 7.12. The molecule has 0 aliphatic carbocycles. The average molecular weight is 529 g/mol. The molecule has 4 aromatic rings. The van der Waals surface area contributed by atoms with Crippen molar-refractivity contribution < 1.29 is 14.3 Å². The fourth-order valence-electron chi connectivity index (χ4n) is 4.16. The Morgan fingerprint density at radius 2 is 1.87 bits per heavy atom. The van der Waals surface area contributed by atoms with Crippen molar-refractivity contribution in [1.29, 1.82) is 0 Å². The number of aromatic nitrogens is 2. The summed E-state index contributed by atoms with van der Waals surface area (Å²) in [7, 11) is 2.10. The maximum atomic E-state index is 12.7. The highest BCUT2D eigenvalue weighted by Crippen LogP contribution is 2.33. The first-order valence-corrected chi connectivity index (χ1v) is 13.2. The molecule has 1 saturated heterocycles. The highest BCUT2D eigenvalue weighted by molar-refractivity contribution is 7.17. The van der Waals surface area contributed by atoms with Gasteiger partial charge in [0, 0.05) is 29.0 Å². The number of carbonyl (C=O) groups excluding carboxylic acids is 2. The Labute approximate surface area is 224 Å². The Kier molecular flexibility index (Phi) is 7.62. The Morgan fingerprint density at radius 3 is 2.63 bits per heavy atom. The summed E-state index contributed by atoms with van der Waals surface area (Å²) in [6.45, 7) is 5.45. The lowest BCUT2D eigenvalue weighted by molar-refractivity contribution is -0.111. The van der Waals surface area contributed by atoms with E-state index in [9.17, 15) is 9.59 Å². The summed E-state index contributed by atoms with van der Waals surface area (Å²) in [6.07, 6.45) is 3.13. The van der Waals surface area contributed by atoms with Crippen molar-refractivity contribution in [1.82, 2.24) is 20.2 Å². The molecule has 9 nitrogen and oxygen atoms in total. The standard InChI is InChI=1S/C28H28N6O3S/c1-3-24(35)29-21-5-4-6-22(17-21)37-27-25-23(13-16-38-25)32-28(33-27)31-19-9-7-18(8-10-19)26(36)30-20-11-14-34(2)15-12-20/h3-10,13,16-17,20H,1,11-12,14-15H2,2H3,(H,29,35)(H,30,36)(H,31,32,33). The number of ether oxygens (including phenoxy) is 1. The van der Waals surface area contributed by atoms with Gasteiger partial charge in [0.1, 0.15) is 10.4 Å². The average Bonchev–Trinajstić information content (AvgIpc) is 3.40. The molecule has 0 radical (unpaired) electrons. The first kappa shape index (κ1) is 25.4. The number of nitrogens with zero attached hydrogens (tertiary/aromatic N) is 3. The molecule has 1 fully saturated rings. The van der Waals surface area contributed by atoms with E-state index in [1.165, 1.54) is 17.4 Å². The van der Waals surface area contributed by atoms with E-state index in [4.69, 9.17) is 4.74 Å². The molecular formula is C28H28N6O3S. The number of hydrogen-bond acceptors (Lipinski definition) is 8. The van der Waals surface area contributed by atoms with Crippen LogP contribution in [-0.2, 0) is 4.79 Å². The van der Waals surface area contributed by atoms with Crippen molar-refractivity contribution in [3.63, 3.8) is 0 Å². The number of amides is 2. The van der Waals surface area contributed by atoms with Crippen LogP contribution in [0.3, 0.4) is 0 Å². The van der Waals surface area contributed by atoms with Crippen LogP contribution in [-0.4, -0.2) is 52.9 Å². The van der Waals surface area contributed by atoms with Crippen LogP contribution in [0.5, 0.6) is 11.6 Å². The molecule has 38 heavy (non-hydrogen) atoms. The van der Waals surface area contributed by atoms with Gasteiger partial charge in [-0.15, -0.1) is 11.3 Å². The predicted molar refractivity (Wildman–Crippen MR) is 150 cm³/mol. The number of fused-ring (bicyclic) bond motifs is 1. The second-order valence-electron chi connectivity index (χ2n) is 9.06. The number of benzene rings is 2. The largest absolute Gasteiger partial charge is 0.437 e. The van der Waals surface area contributed by atoms with Crippen molar-refractivity contribution in [2.75, 3.05) is 30.8 Å². The molecule has 2 aromatic carbocycles. The summed E-state index contributed by atoms with van der Waals surface area (Å²) in [5.74, 6) is 0.913. The molecule has 3 N–H and O–H groups in total. The van der Waals surface area contributed by atoms with Gasteiger partial charge in [0.2, 0.25) is 17.7 Å². The zero-order valence-electron chi connectivity index (χ0n) is 20.9. The van der Waals surface area contributed by atoms with Gasteiger partial charge in [-0.25, -0.2) is 4.98 Å². The lowest BCUT2D eigenvalue weighted by Crippen LogP contribution is -2.43. The number of rotatable bonds is 8. The van der Waals surface area contributed by atoms with Crippen LogP contribution in [0.1, 0.15) is 23.2 Å². The van der Waals surface area contributed by atoms with Gasteiger partial charge in [-0.1, -0.05) is 12.6 Å². The zero-order valence-corrected chi connectivity index (χ0v) is 21.8. The number of piperidine rings is 1. The van der Waals surface area contributed by atoms with E-state index < -0.39 is 0 Å². The predicted octanol–water partition coefficient (Wildman–Crippen LogP) is 5.18. The van der Waals surface area contributed by atoms with Gasteiger partial charge in [-0.3, -0.25) is 9.59 Å². The van der Waals surface area contributed by atoms with Crippen LogP contribution in [0.2, 0.25) is 0 Å². The van der Waals surface area contributed by atoms with Crippen molar-refractivity contribution in [3.05, 3.63) is 78.2 Å². The van der Waals surface area contributed by atoms with Crippen LogP contribution < -0.4 is 20.7 Å². The van der Waals surface area contributed by atoms with Crippen LogP contribution >= 0.6 is 11.3 Å². The van der Waals surface area contributed by atoms with Crippen molar-refractivity contribution in [2.45, 2.75) is 18.9 Å². The van der Waals surface area contributed by atoms with Gasteiger partial charge in [0.05, 0.1) is 5.52 Å². The van der Waals surface area contributed by atoms with Gasteiger partial charge in [-0.05, 0) is 86.9 Å². The third kappa shape index (κ3) is 6.16. The van der Waals surface area contributed by atoms with E-state index >= 15 is 0 Å². The second-order valence-corrected chi connectivity index (χ2v) is 9.98.